The topological polar surface area (TPSA) is 77.9 Å². The van der Waals surface area contributed by atoms with E-state index in [-0.39, 0.29) is 11.5 Å². The summed E-state index contributed by atoms with van der Waals surface area (Å²) in [5.74, 6) is 0.634. The zero-order chi connectivity index (χ0) is 15.4. The number of rotatable bonds is 5. The first-order valence-electron chi connectivity index (χ1n) is 6.95. The third-order valence-corrected chi connectivity index (χ3v) is 3.90. The first-order valence-corrected chi connectivity index (χ1v) is 6.95. The van der Waals surface area contributed by atoms with Crippen molar-refractivity contribution in [2.75, 3.05) is 13.2 Å². The predicted molar refractivity (Wildman–Crippen MR) is 82.5 cm³/mol. The molecule has 2 heterocycles. The molecule has 0 amide bonds. The minimum absolute atomic E-state index is 0.0686. The van der Waals surface area contributed by atoms with Gasteiger partial charge in [-0.15, -0.1) is 0 Å². The van der Waals surface area contributed by atoms with Crippen LogP contribution in [-0.2, 0) is 18.3 Å². The maximum atomic E-state index is 12.3. The van der Waals surface area contributed by atoms with Gasteiger partial charge in [-0.1, -0.05) is 0 Å². The molecule has 0 radical (unpaired) electrons. The van der Waals surface area contributed by atoms with Gasteiger partial charge in [0, 0.05) is 26.8 Å². The Balaban J connectivity index is 2.33. The summed E-state index contributed by atoms with van der Waals surface area (Å²) in [6, 6.07) is 0. The van der Waals surface area contributed by atoms with Gasteiger partial charge in [-0.25, -0.2) is 9.79 Å². The molecule has 7 nitrogen and oxygen atoms in total. The molecule has 114 valence electrons. The zero-order valence-corrected chi connectivity index (χ0v) is 12.2. The molecular formula is C14H20N4O3. The standard InChI is InChI=1S/C14H20N4O3/c1-15-11-12(16-2)17(3)14(20)18(13(11)19)7-4-10-5-8-21-9-6-10/h10H,1-2,4-9H2,3H3. The molecule has 0 bridgehead atoms. The van der Waals surface area contributed by atoms with Crippen LogP contribution in [0.5, 0.6) is 0 Å². The Morgan fingerprint density at radius 1 is 1.24 bits per heavy atom. The molecule has 0 spiro atoms. The predicted octanol–water partition coefficient (Wildman–Crippen LogP) is 1.03. The Labute approximate surface area is 122 Å². The summed E-state index contributed by atoms with van der Waals surface area (Å²) in [6.07, 6.45) is 2.71. The minimum Gasteiger partial charge on any atom is -0.381 e. The van der Waals surface area contributed by atoms with Crippen molar-refractivity contribution in [1.82, 2.24) is 9.13 Å². The number of hydrogen-bond donors (Lipinski definition) is 0. The van der Waals surface area contributed by atoms with E-state index in [1.54, 1.807) is 7.05 Å². The lowest BCUT2D eigenvalue weighted by Crippen LogP contribution is -2.39. The normalized spacial score (nSPS) is 15.9. The fraction of sp³-hybridized carbons (Fsp3) is 0.571. The first kappa shape index (κ1) is 15.4. The average Bonchev–Trinajstić information content (AvgIpc) is 2.51. The summed E-state index contributed by atoms with van der Waals surface area (Å²) in [7, 11) is 1.55. The highest BCUT2D eigenvalue weighted by Gasteiger charge is 2.18. The molecule has 1 aromatic rings. The van der Waals surface area contributed by atoms with Crippen molar-refractivity contribution in [2.24, 2.45) is 23.0 Å². The molecule has 1 fully saturated rings. The van der Waals surface area contributed by atoms with Crippen LogP contribution in [0.4, 0.5) is 11.5 Å². The minimum atomic E-state index is -0.456. The van der Waals surface area contributed by atoms with Crippen LogP contribution in [0.2, 0.25) is 0 Å². The second-order valence-corrected chi connectivity index (χ2v) is 5.13. The Morgan fingerprint density at radius 2 is 1.90 bits per heavy atom. The zero-order valence-electron chi connectivity index (χ0n) is 12.2. The van der Waals surface area contributed by atoms with E-state index < -0.39 is 11.2 Å². The summed E-state index contributed by atoms with van der Waals surface area (Å²) >= 11 is 0. The van der Waals surface area contributed by atoms with Crippen LogP contribution in [0, 0.1) is 5.92 Å². The van der Waals surface area contributed by atoms with Crippen molar-refractivity contribution in [2.45, 2.75) is 25.8 Å². The lowest BCUT2D eigenvalue weighted by molar-refractivity contribution is 0.0624. The van der Waals surface area contributed by atoms with E-state index in [0.717, 1.165) is 32.5 Å². The molecule has 1 aliphatic rings. The number of hydrogen-bond acceptors (Lipinski definition) is 5. The van der Waals surface area contributed by atoms with Gasteiger partial charge in [0.2, 0.25) is 0 Å². The molecule has 0 saturated carbocycles. The number of ether oxygens (including phenoxy) is 1. The number of aromatic nitrogens is 2. The van der Waals surface area contributed by atoms with E-state index in [1.165, 1.54) is 9.13 Å². The summed E-state index contributed by atoms with van der Waals surface area (Å²) in [5.41, 5.74) is -0.788. The fourth-order valence-corrected chi connectivity index (χ4v) is 2.60. The molecule has 0 aromatic carbocycles. The molecule has 1 saturated heterocycles. The quantitative estimate of drug-likeness (QED) is 0.760. The highest BCUT2D eigenvalue weighted by molar-refractivity contribution is 5.61. The van der Waals surface area contributed by atoms with Crippen LogP contribution in [0.15, 0.2) is 19.6 Å². The monoisotopic (exact) mass is 292 g/mol. The fourth-order valence-electron chi connectivity index (χ4n) is 2.60. The summed E-state index contributed by atoms with van der Waals surface area (Å²) in [4.78, 5) is 32.0. The number of nitrogens with zero attached hydrogens (tertiary/aromatic N) is 4. The van der Waals surface area contributed by atoms with Crippen molar-refractivity contribution in [3.63, 3.8) is 0 Å². The van der Waals surface area contributed by atoms with Crippen molar-refractivity contribution in [3.8, 4) is 0 Å². The highest BCUT2D eigenvalue weighted by Crippen LogP contribution is 2.21. The third kappa shape index (κ3) is 3.02. The second-order valence-electron chi connectivity index (χ2n) is 5.13. The molecule has 1 aromatic heterocycles. The third-order valence-electron chi connectivity index (χ3n) is 3.90. The summed E-state index contributed by atoms with van der Waals surface area (Å²) < 4.78 is 7.79. The maximum absolute atomic E-state index is 12.3. The molecule has 21 heavy (non-hydrogen) atoms. The van der Waals surface area contributed by atoms with Gasteiger partial charge in [0.25, 0.3) is 5.56 Å². The molecule has 2 rings (SSSR count). The van der Waals surface area contributed by atoms with E-state index in [4.69, 9.17) is 4.74 Å². The van der Waals surface area contributed by atoms with Crippen LogP contribution in [0.3, 0.4) is 0 Å². The lowest BCUT2D eigenvalue weighted by Gasteiger charge is -2.22. The Kier molecular flexibility index (Phi) is 4.85. The number of aliphatic imine (C=N–C) groups is 2. The van der Waals surface area contributed by atoms with E-state index in [2.05, 4.69) is 23.4 Å². The van der Waals surface area contributed by atoms with Crippen molar-refractivity contribution in [1.29, 1.82) is 0 Å². The van der Waals surface area contributed by atoms with E-state index in [1.807, 2.05) is 0 Å². The first-order chi connectivity index (χ1) is 10.1. The molecule has 0 unspecified atom stereocenters. The maximum Gasteiger partial charge on any atom is 0.332 e. The Bertz CT molecular complexity index is 653. The van der Waals surface area contributed by atoms with Gasteiger partial charge in [0.15, 0.2) is 11.5 Å². The molecule has 0 N–H and O–H groups in total. The van der Waals surface area contributed by atoms with Crippen molar-refractivity contribution >= 4 is 24.9 Å². The molecule has 1 aliphatic heterocycles. The average molecular weight is 292 g/mol. The molecule has 0 aliphatic carbocycles. The van der Waals surface area contributed by atoms with Crippen LogP contribution in [-0.4, -0.2) is 35.8 Å². The van der Waals surface area contributed by atoms with Crippen LogP contribution < -0.4 is 11.2 Å². The highest BCUT2D eigenvalue weighted by atomic mass is 16.5. The van der Waals surface area contributed by atoms with Gasteiger partial charge in [-0.05, 0) is 38.6 Å². The van der Waals surface area contributed by atoms with Gasteiger partial charge in [0.1, 0.15) is 0 Å². The van der Waals surface area contributed by atoms with Gasteiger partial charge >= 0.3 is 5.69 Å². The molecule has 0 atom stereocenters. The van der Waals surface area contributed by atoms with E-state index in [0.29, 0.717) is 12.5 Å². The van der Waals surface area contributed by atoms with Crippen molar-refractivity contribution < 1.29 is 4.74 Å². The van der Waals surface area contributed by atoms with Crippen molar-refractivity contribution in [3.05, 3.63) is 20.8 Å². The van der Waals surface area contributed by atoms with E-state index >= 15 is 0 Å². The largest absolute Gasteiger partial charge is 0.381 e. The van der Waals surface area contributed by atoms with Crippen LogP contribution in [0.25, 0.3) is 0 Å². The van der Waals surface area contributed by atoms with Crippen LogP contribution in [0.1, 0.15) is 19.3 Å². The molecular weight excluding hydrogens is 272 g/mol. The van der Waals surface area contributed by atoms with E-state index in [9.17, 15) is 9.59 Å². The van der Waals surface area contributed by atoms with Gasteiger partial charge < -0.3 is 4.74 Å². The Hall–Kier alpha value is -2.02. The Morgan fingerprint density at radius 3 is 2.48 bits per heavy atom. The van der Waals surface area contributed by atoms with Gasteiger partial charge in [-0.3, -0.25) is 18.9 Å². The molecule has 7 heteroatoms. The van der Waals surface area contributed by atoms with Gasteiger partial charge in [-0.2, -0.15) is 0 Å². The summed E-state index contributed by atoms with van der Waals surface area (Å²) in [6.45, 7) is 8.62. The SMILES string of the molecule is C=Nc1c(N=C)n(C)c(=O)n(CCC2CCOCC2)c1=O. The van der Waals surface area contributed by atoms with Crippen LogP contribution >= 0.6 is 0 Å². The van der Waals surface area contributed by atoms with Gasteiger partial charge in [0.05, 0.1) is 0 Å². The smallest absolute Gasteiger partial charge is 0.332 e. The summed E-state index contributed by atoms with van der Waals surface area (Å²) in [5, 5.41) is 0. The lowest BCUT2D eigenvalue weighted by atomic mass is 9.97. The second kappa shape index (κ2) is 6.62.